The van der Waals surface area contributed by atoms with E-state index in [-0.39, 0.29) is 12.2 Å². The molecule has 3 nitrogen and oxygen atoms in total. The molecule has 0 saturated carbocycles. The molecule has 1 aliphatic rings. The fourth-order valence-electron chi connectivity index (χ4n) is 4.19. The largest absolute Gasteiger partial charge is 0.396 e. The van der Waals surface area contributed by atoms with Crippen LogP contribution in [0.1, 0.15) is 81.4 Å². The molecule has 1 aliphatic carbocycles. The van der Waals surface area contributed by atoms with Crippen LogP contribution in [0.25, 0.3) is 0 Å². The molecule has 3 heteroatoms. The summed E-state index contributed by atoms with van der Waals surface area (Å²) in [5, 5.41) is 9.08. The standard InChI is InChI=1S/C23H39NO2/c1-23(2,26-3)13-5-4-7-18-9-10-20-16-21(12-11-19(20)15-18)22(17-24)8-6-14-25/h11-12,16,18,22,25H,4-10,13-15,17,24H2,1-3H3/t18-,22-/m0/s1. The molecule has 0 fully saturated rings. The number of rotatable bonds is 11. The van der Waals surface area contributed by atoms with Crippen molar-refractivity contribution >= 4 is 0 Å². The van der Waals surface area contributed by atoms with Gasteiger partial charge in [0.1, 0.15) is 0 Å². The number of methoxy groups -OCH3 is 1. The third-order valence-corrected chi connectivity index (χ3v) is 6.22. The maximum absolute atomic E-state index is 9.08. The van der Waals surface area contributed by atoms with Crippen molar-refractivity contribution in [3.63, 3.8) is 0 Å². The number of aliphatic hydroxyl groups is 1. The van der Waals surface area contributed by atoms with Gasteiger partial charge in [0.15, 0.2) is 0 Å². The molecule has 0 aromatic heterocycles. The van der Waals surface area contributed by atoms with E-state index in [4.69, 9.17) is 15.6 Å². The Morgan fingerprint density at radius 1 is 1.23 bits per heavy atom. The van der Waals surface area contributed by atoms with Gasteiger partial charge in [0.2, 0.25) is 0 Å². The van der Waals surface area contributed by atoms with Crippen LogP contribution >= 0.6 is 0 Å². The van der Waals surface area contributed by atoms with Crippen molar-refractivity contribution in [1.29, 1.82) is 0 Å². The summed E-state index contributed by atoms with van der Waals surface area (Å²) in [6.45, 7) is 5.27. The first-order valence-corrected chi connectivity index (χ1v) is 10.5. The van der Waals surface area contributed by atoms with Crippen LogP contribution in [0.2, 0.25) is 0 Å². The van der Waals surface area contributed by atoms with E-state index in [0.717, 1.165) is 25.2 Å². The van der Waals surface area contributed by atoms with Crippen molar-refractivity contribution in [3.05, 3.63) is 34.9 Å². The van der Waals surface area contributed by atoms with Crippen LogP contribution in [0.4, 0.5) is 0 Å². The zero-order valence-electron chi connectivity index (χ0n) is 17.1. The number of unbranched alkanes of at least 4 members (excludes halogenated alkanes) is 1. The fraction of sp³-hybridized carbons (Fsp3) is 0.739. The second-order valence-electron chi connectivity index (χ2n) is 8.65. The summed E-state index contributed by atoms with van der Waals surface area (Å²) >= 11 is 0. The highest BCUT2D eigenvalue weighted by atomic mass is 16.5. The second-order valence-corrected chi connectivity index (χ2v) is 8.65. The van der Waals surface area contributed by atoms with Crippen LogP contribution in [-0.4, -0.2) is 31.0 Å². The van der Waals surface area contributed by atoms with Crippen LogP contribution in [0, 0.1) is 5.92 Å². The molecular formula is C23H39NO2. The Morgan fingerprint density at radius 2 is 2.04 bits per heavy atom. The molecule has 148 valence electrons. The summed E-state index contributed by atoms with van der Waals surface area (Å²) in [5.74, 6) is 1.22. The zero-order chi connectivity index (χ0) is 19.0. The zero-order valence-corrected chi connectivity index (χ0v) is 17.1. The lowest BCUT2D eigenvalue weighted by Gasteiger charge is -2.27. The number of aliphatic hydroxyl groups excluding tert-OH is 1. The van der Waals surface area contributed by atoms with Gasteiger partial charge in [0, 0.05) is 13.7 Å². The predicted octanol–water partition coefficient (Wildman–Crippen LogP) is 4.59. The molecule has 2 rings (SSSR count). The average Bonchev–Trinajstić information content (AvgIpc) is 2.65. The third kappa shape index (κ3) is 6.37. The van der Waals surface area contributed by atoms with Gasteiger partial charge in [-0.2, -0.15) is 0 Å². The van der Waals surface area contributed by atoms with Crippen molar-refractivity contribution in [1.82, 2.24) is 0 Å². The first kappa shape index (κ1) is 21.4. The van der Waals surface area contributed by atoms with Crippen molar-refractivity contribution in [2.75, 3.05) is 20.3 Å². The number of hydrogen-bond acceptors (Lipinski definition) is 3. The van der Waals surface area contributed by atoms with E-state index >= 15 is 0 Å². The van der Waals surface area contributed by atoms with E-state index in [9.17, 15) is 0 Å². The highest BCUT2D eigenvalue weighted by Gasteiger charge is 2.21. The molecule has 26 heavy (non-hydrogen) atoms. The predicted molar refractivity (Wildman–Crippen MR) is 110 cm³/mol. The minimum absolute atomic E-state index is 0.0190. The van der Waals surface area contributed by atoms with Crippen molar-refractivity contribution in [2.24, 2.45) is 11.7 Å². The summed E-state index contributed by atoms with van der Waals surface area (Å²) in [6.07, 6.45) is 10.6. The molecular weight excluding hydrogens is 322 g/mol. The van der Waals surface area contributed by atoms with E-state index in [1.54, 1.807) is 5.56 Å². The maximum Gasteiger partial charge on any atom is 0.0622 e. The van der Waals surface area contributed by atoms with E-state index in [0.29, 0.717) is 12.5 Å². The molecule has 2 atom stereocenters. The normalized spacial score (nSPS) is 18.6. The number of hydrogen-bond donors (Lipinski definition) is 2. The third-order valence-electron chi connectivity index (χ3n) is 6.22. The second kappa shape index (κ2) is 10.4. The van der Waals surface area contributed by atoms with Gasteiger partial charge in [-0.1, -0.05) is 37.5 Å². The highest BCUT2D eigenvalue weighted by molar-refractivity contribution is 5.36. The minimum atomic E-state index is 0.0190. The Kier molecular flexibility index (Phi) is 8.59. The summed E-state index contributed by atoms with van der Waals surface area (Å²) < 4.78 is 5.52. The molecule has 1 aromatic rings. The lowest BCUT2D eigenvalue weighted by atomic mass is 9.79. The van der Waals surface area contributed by atoms with Crippen LogP contribution in [0.15, 0.2) is 18.2 Å². The molecule has 0 spiro atoms. The first-order chi connectivity index (χ1) is 12.5. The van der Waals surface area contributed by atoms with Crippen molar-refractivity contribution < 1.29 is 9.84 Å². The number of fused-ring (bicyclic) bond motifs is 1. The van der Waals surface area contributed by atoms with E-state index in [1.807, 2.05) is 7.11 Å². The summed E-state index contributed by atoms with van der Waals surface area (Å²) in [6, 6.07) is 7.01. The van der Waals surface area contributed by atoms with E-state index in [1.165, 1.54) is 49.7 Å². The molecule has 3 N–H and O–H groups in total. The van der Waals surface area contributed by atoms with Gasteiger partial charge in [-0.15, -0.1) is 0 Å². The molecule has 0 saturated heterocycles. The van der Waals surface area contributed by atoms with Gasteiger partial charge in [-0.3, -0.25) is 0 Å². The number of nitrogens with two attached hydrogens (primary N) is 1. The molecule has 0 amide bonds. The smallest absolute Gasteiger partial charge is 0.0622 e. The van der Waals surface area contributed by atoms with Gasteiger partial charge in [0.05, 0.1) is 5.60 Å². The summed E-state index contributed by atoms with van der Waals surface area (Å²) in [5.41, 5.74) is 10.4. The molecule has 0 heterocycles. The molecule has 0 unspecified atom stereocenters. The van der Waals surface area contributed by atoms with Gasteiger partial charge < -0.3 is 15.6 Å². The summed E-state index contributed by atoms with van der Waals surface area (Å²) in [7, 11) is 1.81. The van der Waals surface area contributed by atoms with Gasteiger partial charge >= 0.3 is 0 Å². The average molecular weight is 362 g/mol. The van der Waals surface area contributed by atoms with Crippen LogP contribution in [0.3, 0.4) is 0 Å². The lowest BCUT2D eigenvalue weighted by molar-refractivity contribution is 0.0131. The molecule has 0 radical (unpaired) electrons. The van der Waals surface area contributed by atoms with Crippen molar-refractivity contribution in [2.45, 2.75) is 83.2 Å². The van der Waals surface area contributed by atoms with Gasteiger partial charge in [0.25, 0.3) is 0 Å². The Labute approximate surface area is 160 Å². The number of benzene rings is 1. The topological polar surface area (TPSA) is 55.5 Å². The summed E-state index contributed by atoms with van der Waals surface area (Å²) in [4.78, 5) is 0. The number of aryl methyl sites for hydroxylation is 1. The first-order valence-electron chi connectivity index (χ1n) is 10.5. The minimum Gasteiger partial charge on any atom is -0.396 e. The Balaban J connectivity index is 1.85. The lowest BCUT2D eigenvalue weighted by Crippen LogP contribution is -2.22. The molecule has 0 aliphatic heterocycles. The Morgan fingerprint density at radius 3 is 2.73 bits per heavy atom. The van der Waals surface area contributed by atoms with E-state index in [2.05, 4.69) is 32.0 Å². The van der Waals surface area contributed by atoms with Crippen LogP contribution < -0.4 is 5.73 Å². The monoisotopic (exact) mass is 361 g/mol. The fourth-order valence-corrected chi connectivity index (χ4v) is 4.19. The van der Waals surface area contributed by atoms with Crippen LogP contribution in [0.5, 0.6) is 0 Å². The molecule has 1 aromatic carbocycles. The van der Waals surface area contributed by atoms with Crippen molar-refractivity contribution in [3.8, 4) is 0 Å². The highest BCUT2D eigenvalue weighted by Crippen LogP contribution is 2.32. The molecule has 0 bridgehead atoms. The Hall–Kier alpha value is -0.900. The Bertz CT molecular complexity index is 541. The van der Waals surface area contributed by atoms with E-state index < -0.39 is 0 Å². The quantitative estimate of drug-likeness (QED) is 0.567. The van der Waals surface area contributed by atoms with Gasteiger partial charge in [-0.05, 0) is 87.4 Å². The van der Waals surface area contributed by atoms with Crippen LogP contribution in [-0.2, 0) is 17.6 Å². The van der Waals surface area contributed by atoms with Gasteiger partial charge in [-0.25, -0.2) is 0 Å². The maximum atomic E-state index is 9.08. The SMILES string of the molecule is COC(C)(C)CCCC[C@H]1CCc2cc([C@H](CN)CCCO)ccc2C1. The number of ether oxygens (including phenoxy) is 1.